The van der Waals surface area contributed by atoms with Gasteiger partial charge in [-0.05, 0) is 25.3 Å². The summed E-state index contributed by atoms with van der Waals surface area (Å²) in [6, 6.07) is 9.35. The van der Waals surface area contributed by atoms with Crippen LogP contribution >= 0.6 is 0 Å². The van der Waals surface area contributed by atoms with Crippen LogP contribution in [-0.4, -0.2) is 31.2 Å². The highest BCUT2D eigenvalue weighted by Crippen LogP contribution is 2.19. The Bertz CT molecular complexity index is 408. The van der Waals surface area contributed by atoms with E-state index in [1.54, 1.807) is 0 Å². The van der Waals surface area contributed by atoms with Gasteiger partial charge in [0.1, 0.15) is 0 Å². The van der Waals surface area contributed by atoms with Gasteiger partial charge < -0.3 is 15.8 Å². The monoisotopic (exact) mass is 262 g/mol. The number of amides is 1. The van der Waals surface area contributed by atoms with Crippen molar-refractivity contribution in [3.05, 3.63) is 35.9 Å². The molecule has 1 saturated heterocycles. The Morgan fingerprint density at radius 2 is 2.21 bits per heavy atom. The van der Waals surface area contributed by atoms with Crippen molar-refractivity contribution < 1.29 is 9.53 Å². The van der Waals surface area contributed by atoms with Crippen LogP contribution in [-0.2, 0) is 16.0 Å². The summed E-state index contributed by atoms with van der Waals surface area (Å²) in [5.74, 6) is 0.329. The summed E-state index contributed by atoms with van der Waals surface area (Å²) in [5.41, 5.74) is 7.01. The third-order valence-electron chi connectivity index (χ3n) is 3.71. The van der Waals surface area contributed by atoms with E-state index in [9.17, 15) is 4.79 Å². The molecule has 0 aliphatic carbocycles. The molecule has 0 spiro atoms. The summed E-state index contributed by atoms with van der Waals surface area (Å²) < 4.78 is 5.47. The molecule has 19 heavy (non-hydrogen) atoms. The minimum Gasteiger partial charge on any atom is -0.378 e. The number of carbonyl (C=O) groups excluding carboxylic acids is 1. The van der Waals surface area contributed by atoms with Crippen LogP contribution in [0.2, 0.25) is 0 Å². The maximum absolute atomic E-state index is 11.9. The molecule has 1 aliphatic rings. The van der Waals surface area contributed by atoms with Crippen molar-refractivity contribution in [2.75, 3.05) is 13.2 Å². The van der Waals surface area contributed by atoms with Crippen LogP contribution in [0.5, 0.6) is 0 Å². The van der Waals surface area contributed by atoms with E-state index in [1.165, 1.54) is 0 Å². The molecular formula is C15H22N2O2. The molecule has 3 N–H and O–H groups in total. The summed E-state index contributed by atoms with van der Waals surface area (Å²) in [7, 11) is 0. The molecule has 0 aromatic heterocycles. The van der Waals surface area contributed by atoms with Gasteiger partial charge in [0, 0.05) is 19.1 Å². The lowest BCUT2D eigenvalue weighted by molar-refractivity contribution is -0.122. The first kappa shape index (κ1) is 14.0. The second-order valence-electron chi connectivity index (χ2n) is 5.17. The lowest BCUT2D eigenvalue weighted by Gasteiger charge is -2.17. The highest BCUT2D eigenvalue weighted by atomic mass is 16.5. The molecule has 1 aliphatic heterocycles. The Morgan fingerprint density at radius 1 is 1.47 bits per heavy atom. The molecule has 0 radical (unpaired) electrons. The summed E-state index contributed by atoms with van der Waals surface area (Å²) in [5, 5.41) is 2.93. The van der Waals surface area contributed by atoms with E-state index in [2.05, 4.69) is 5.32 Å². The van der Waals surface area contributed by atoms with Crippen molar-refractivity contribution in [1.82, 2.24) is 5.32 Å². The molecule has 2 rings (SSSR count). The van der Waals surface area contributed by atoms with Gasteiger partial charge in [-0.15, -0.1) is 0 Å². The molecule has 104 valence electrons. The van der Waals surface area contributed by atoms with Crippen molar-refractivity contribution >= 4 is 5.91 Å². The fraction of sp³-hybridized carbons (Fsp3) is 0.533. The lowest BCUT2D eigenvalue weighted by atomic mass is 10.0. The Kier molecular flexibility index (Phi) is 4.93. The third kappa shape index (κ3) is 4.04. The van der Waals surface area contributed by atoms with E-state index >= 15 is 0 Å². The summed E-state index contributed by atoms with van der Waals surface area (Å²) >= 11 is 0. The van der Waals surface area contributed by atoms with E-state index in [0.29, 0.717) is 18.9 Å². The molecule has 1 aromatic carbocycles. The average molecular weight is 262 g/mol. The van der Waals surface area contributed by atoms with Gasteiger partial charge in [-0.1, -0.05) is 30.3 Å². The van der Waals surface area contributed by atoms with Gasteiger partial charge in [-0.2, -0.15) is 0 Å². The van der Waals surface area contributed by atoms with Crippen molar-refractivity contribution in [3.63, 3.8) is 0 Å². The quantitative estimate of drug-likeness (QED) is 0.835. The number of benzene rings is 1. The van der Waals surface area contributed by atoms with Crippen molar-refractivity contribution in [1.29, 1.82) is 0 Å². The maximum Gasteiger partial charge on any atom is 0.237 e. The zero-order chi connectivity index (χ0) is 13.7. The summed E-state index contributed by atoms with van der Waals surface area (Å²) in [6.07, 6.45) is 1.81. The van der Waals surface area contributed by atoms with Gasteiger partial charge in [-0.25, -0.2) is 0 Å². The van der Waals surface area contributed by atoms with E-state index in [0.717, 1.165) is 18.6 Å². The maximum atomic E-state index is 11.9. The van der Waals surface area contributed by atoms with Crippen LogP contribution in [0.3, 0.4) is 0 Å². The Hall–Kier alpha value is -1.39. The predicted octanol–water partition coefficient (Wildman–Crippen LogP) is 1.10. The molecule has 3 unspecified atom stereocenters. The van der Waals surface area contributed by atoms with Crippen LogP contribution in [0.1, 0.15) is 18.9 Å². The van der Waals surface area contributed by atoms with Crippen LogP contribution in [0.4, 0.5) is 0 Å². The molecule has 1 aromatic rings. The number of carbonyl (C=O) groups is 1. The summed E-state index contributed by atoms with van der Waals surface area (Å²) in [6.45, 7) is 3.49. The zero-order valence-corrected chi connectivity index (χ0v) is 11.3. The van der Waals surface area contributed by atoms with Gasteiger partial charge in [-0.3, -0.25) is 4.79 Å². The van der Waals surface area contributed by atoms with Gasteiger partial charge in [0.2, 0.25) is 5.91 Å². The van der Waals surface area contributed by atoms with E-state index in [4.69, 9.17) is 10.5 Å². The first-order valence-corrected chi connectivity index (χ1v) is 6.85. The zero-order valence-electron chi connectivity index (χ0n) is 11.3. The first-order chi connectivity index (χ1) is 9.16. The minimum atomic E-state index is -0.486. The molecule has 1 heterocycles. The van der Waals surface area contributed by atoms with Gasteiger partial charge in [0.05, 0.1) is 12.1 Å². The standard InChI is InChI=1S/C15H22N2O2/c1-11-13(7-8-19-11)10-17-15(18)14(16)9-12-5-3-2-4-6-12/h2-6,11,13-14H,7-10,16H2,1H3,(H,17,18). The fourth-order valence-electron chi connectivity index (χ4n) is 2.37. The number of nitrogens with one attached hydrogen (secondary N) is 1. The second-order valence-corrected chi connectivity index (χ2v) is 5.17. The van der Waals surface area contributed by atoms with Crippen LogP contribution in [0.25, 0.3) is 0 Å². The number of ether oxygens (including phenoxy) is 1. The van der Waals surface area contributed by atoms with Gasteiger partial charge in [0.25, 0.3) is 0 Å². The molecule has 1 amide bonds. The number of rotatable bonds is 5. The number of nitrogens with two attached hydrogens (primary N) is 1. The number of hydrogen-bond acceptors (Lipinski definition) is 3. The van der Waals surface area contributed by atoms with Crippen molar-refractivity contribution in [2.24, 2.45) is 11.7 Å². The van der Waals surface area contributed by atoms with Crippen molar-refractivity contribution in [3.8, 4) is 0 Å². The molecule has 0 saturated carbocycles. The highest BCUT2D eigenvalue weighted by molar-refractivity contribution is 5.81. The summed E-state index contributed by atoms with van der Waals surface area (Å²) in [4.78, 5) is 11.9. The van der Waals surface area contributed by atoms with Gasteiger partial charge >= 0.3 is 0 Å². The van der Waals surface area contributed by atoms with Crippen LogP contribution in [0.15, 0.2) is 30.3 Å². The van der Waals surface area contributed by atoms with Crippen LogP contribution < -0.4 is 11.1 Å². The molecule has 4 heteroatoms. The molecular weight excluding hydrogens is 240 g/mol. The lowest BCUT2D eigenvalue weighted by Crippen LogP contribution is -2.44. The molecule has 3 atom stereocenters. The van der Waals surface area contributed by atoms with E-state index in [1.807, 2.05) is 37.3 Å². The third-order valence-corrected chi connectivity index (χ3v) is 3.71. The van der Waals surface area contributed by atoms with Crippen molar-refractivity contribution in [2.45, 2.75) is 31.9 Å². The van der Waals surface area contributed by atoms with E-state index in [-0.39, 0.29) is 12.0 Å². The highest BCUT2D eigenvalue weighted by Gasteiger charge is 2.25. The second kappa shape index (κ2) is 6.68. The fourth-order valence-corrected chi connectivity index (χ4v) is 2.37. The molecule has 1 fully saturated rings. The molecule has 4 nitrogen and oxygen atoms in total. The average Bonchev–Trinajstić information content (AvgIpc) is 2.82. The van der Waals surface area contributed by atoms with Gasteiger partial charge in [0.15, 0.2) is 0 Å². The normalized spacial score (nSPS) is 24.1. The van der Waals surface area contributed by atoms with Crippen LogP contribution in [0, 0.1) is 5.92 Å². The Balaban J connectivity index is 1.76. The van der Waals surface area contributed by atoms with E-state index < -0.39 is 6.04 Å². The SMILES string of the molecule is CC1OCCC1CNC(=O)C(N)Cc1ccccc1. The first-order valence-electron chi connectivity index (χ1n) is 6.85. The minimum absolute atomic E-state index is 0.0806. The largest absolute Gasteiger partial charge is 0.378 e. The topological polar surface area (TPSA) is 64.3 Å². The Labute approximate surface area is 114 Å². The predicted molar refractivity (Wildman–Crippen MR) is 74.7 cm³/mol. The smallest absolute Gasteiger partial charge is 0.237 e. The molecule has 0 bridgehead atoms. The number of hydrogen-bond donors (Lipinski definition) is 2. The Morgan fingerprint density at radius 3 is 2.84 bits per heavy atom.